The van der Waals surface area contributed by atoms with Gasteiger partial charge in [-0.1, -0.05) is 31.9 Å². The van der Waals surface area contributed by atoms with Gasteiger partial charge in [-0.2, -0.15) is 0 Å². The number of carbonyl (C=O) groups is 1. The van der Waals surface area contributed by atoms with Crippen molar-refractivity contribution in [3.05, 3.63) is 29.8 Å². The fourth-order valence-electron chi connectivity index (χ4n) is 2.41. The van der Waals surface area contributed by atoms with Crippen molar-refractivity contribution in [2.45, 2.75) is 51.6 Å². The molecule has 0 saturated carbocycles. The Morgan fingerprint density at radius 1 is 1.29 bits per heavy atom. The fraction of sp³-hybridized carbons (Fsp3) is 0.533. The standard InChI is InChI=1S/C15H20O2/c1-3-4-7-10-15(2)11-13(16)12-8-5-6-9-14(12)17-15/h5-6,8-9H,3-4,7,10-11H2,1-2H3. The fourth-order valence-corrected chi connectivity index (χ4v) is 2.41. The van der Waals surface area contributed by atoms with Crippen molar-refractivity contribution < 1.29 is 9.53 Å². The first kappa shape index (κ1) is 12.2. The molecule has 1 heterocycles. The maximum Gasteiger partial charge on any atom is 0.170 e. The summed E-state index contributed by atoms with van der Waals surface area (Å²) >= 11 is 0. The van der Waals surface area contributed by atoms with Crippen LogP contribution in [0.15, 0.2) is 24.3 Å². The molecule has 0 fully saturated rings. The van der Waals surface area contributed by atoms with E-state index in [1.807, 2.05) is 24.3 Å². The lowest BCUT2D eigenvalue weighted by atomic mass is 9.87. The molecule has 1 atom stereocenters. The first-order valence-corrected chi connectivity index (χ1v) is 6.46. The predicted molar refractivity (Wildman–Crippen MR) is 68.6 cm³/mol. The summed E-state index contributed by atoms with van der Waals surface area (Å²) in [6.45, 7) is 4.24. The van der Waals surface area contributed by atoms with Crippen LogP contribution in [-0.2, 0) is 0 Å². The SMILES string of the molecule is CCCCCC1(C)CC(=O)c2ccccc2O1. The van der Waals surface area contributed by atoms with Crippen molar-refractivity contribution in [2.24, 2.45) is 0 Å². The van der Waals surface area contributed by atoms with Gasteiger partial charge in [0.05, 0.1) is 12.0 Å². The maximum absolute atomic E-state index is 12.1. The van der Waals surface area contributed by atoms with Gasteiger partial charge in [0.15, 0.2) is 5.78 Å². The van der Waals surface area contributed by atoms with Gasteiger partial charge >= 0.3 is 0 Å². The first-order valence-electron chi connectivity index (χ1n) is 6.46. The number of fused-ring (bicyclic) bond motifs is 1. The number of ether oxygens (including phenoxy) is 1. The van der Waals surface area contributed by atoms with Gasteiger partial charge in [-0.3, -0.25) is 4.79 Å². The summed E-state index contributed by atoms with van der Waals surface area (Å²) in [7, 11) is 0. The minimum absolute atomic E-state index is 0.214. The van der Waals surface area contributed by atoms with Gasteiger partial charge in [0.2, 0.25) is 0 Å². The molecule has 0 aliphatic carbocycles. The third-order valence-corrected chi connectivity index (χ3v) is 3.39. The van der Waals surface area contributed by atoms with Crippen LogP contribution in [-0.4, -0.2) is 11.4 Å². The van der Waals surface area contributed by atoms with Crippen LogP contribution in [0, 0.1) is 0 Å². The van der Waals surface area contributed by atoms with Gasteiger partial charge in [-0.15, -0.1) is 0 Å². The van der Waals surface area contributed by atoms with Gasteiger partial charge in [-0.25, -0.2) is 0 Å². The van der Waals surface area contributed by atoms with Crippen LogP contribution < -0.4 is 4.74 Å². The van der Waals surface area contributed by atoms with Gasteiger partial charge in [0, 0.05) is 0 Å². The second-order valence-electron chi connectivity index (χ2n) is 5.11. The molecule has 92 valence electrons. The minimum atomic E-state index is -0.305. The molecule has 1 aliphatic rings. The molecule has 1 aromatic carbocycles. The number of carbonyl (C=O) groups excluding carboxylic acids is 1. The average molecular weight is 232 g/mol. The second-order valence-corrected chi connectivity index (χ2v) is 5.11. The van der Waals surface area contributed by atoms with Gasteiger partial charge in [-0.05, 0) is 31.9 Å². The van der Waals surface area contributed by atoms with Crippen molar-refractivity contribution in [3.63, 3.8) is 0 Å². The molecule has 2 rings (SSSR count). The number of para-hydroxylation sites is 1. The Kier molecular flexibility index (Phi) is 3.51. The quantitative estimate of drug-likeness (QED) is 0.734. The summed E-state index contributed by atoms with van der Waals surface area (Å²) < 4.78 is 6.02. The lowest BCUT2D eigenvalue weighted by Crippen LogP contribution is -2.39. The molecular formula is C15H20O2. The molecule has 1 unspecified atom stereocenters. The van der Waals surface area contributed by atoms with Crippen LogP contribution in [0.2, 0.25) is 0 Å². The molecule has 0 aromatic heterocycles. The van der Waals surface area contributed by atoms with Gasteiger partial charge < -0.3 is 4.74 Å². The van der Waals surface area contributed by atoms with Crippen molar-refractivity contribution in [3.8, 4) is 5.75 Å². The summed E-state index contributed by atoms with van der Waals surface area (Å²) in [5.74, 6) is 0.966. The van der Waals surface area contributed by atoms with Gasteiger partial charge in [0.1, 0.15) is 11.4 Å². The Labute approximate surface area is 103 Å². The van der Waals surface area contributed by atoms with Crippen LogP contribution in [0.3, 0.4) is 0 Å². The highest BCUT2D eigenvalue weighted by molar-refractivity contribution is 6.00. The number of ketones is 1. The highest BCUT2D eigenvalue weighted by atomic mass is 16.5. The molecule has 0 N–H and O–H groups in total. The topological polar surface area (TPSA) is 26.3 Å². The minimum Gasteiger partial charge on any atom is -0.486 e. The molecule has 2 heteroatoms. The zero-order valence-electron chi connectivity index (χ0n) is 10.7. The number of hydrogen-bond acceptors (Lipinski definition) is 2. The van der Waals surface area contributed by atoms with Crippen molar-refractivity contribution in [2.75, 3.05) is 0 Å². The lowest BCUT2D eigenvalue weighted by molar-refractivity contribution is 0.0454. The normalized spacial score (nSPS) is 23.1. The molecule has 1 aromatic rings. The van der Waals surface area contributed by atoms with E-state index in [9.17, 15) is 4.79 Å². The monoisotopic (exact) mass is 232 g/mol. The third-order valence-electron chi connectivity index (χ3n) is 3.39. The van der Waals surface area contributed by atoms with E-state index in [0.717, 1.165) is 24.2 Å². The zero-order chi connectivity index (χ0) is 12.3. The van der Waals surface area contributed by atoms with Crippen molar-refractivity contribution in [1.82, 2.24) is 0 Å². The van der Waals surface area contributed by atoms with Crippen molar-refractivity contribution >= 4 is 5.78 Å². The lowest BCUT2D eigenvalue weighted by Gasteiger charge is -2.35. The van der Waals surface area contributed by atoms with E-state index in [4.69, 9.17) is 4.74 Å². The maximum atomic E-state index is 12.1. The largest absolute Gasteiger partial charge is 0.486 e. The van der Waals surface area contributed by atoms with Crippen LogP contribution >= 0.6 is 0 Å². The number of unbranched alkanes of at least 4 members (excludes halogenated alkanes) is 2. The number of hydrogen-bond donors (Lipinski definition) is 0. The molecule has 0 bridgehead atoms. The summed E-state index contributed by atoms with van der Waals surface area (Å²) in [5, 5.41) is 0. The van der Waals surface area contributed by atoms with Crippen molar-refractivity contribution in [1.29, 1.82) is 0 Å². The summed E-state index contributed by atoms with van der Waals surface area (Å²) in [5.41, 5.74) is 0.432. The van der Waals surface area contributed by atoms with E-state index >= 15 is 0 Å². The summed E-state index contributed by atoms with van der Waals surface area (Å²) in [6, 6.07) is 7.55. The van der Waals surface area contributed by atoms with E-state index in [1.54, 1.807) is 0 Å². The number of Topliss-reactive ketones (excluding diaryl/α,β-unsaturated/α-hetero) is 1. The molecule has 1 aliphatic heterocycles. The third kappa shape index (κ3) is 2.68. The molecule has 0 amide bonds. The Bertz CT molecular complexity index is 411. The first-order chi connectivity index (χ1) is 8.14. The van der Waals surface area contributed by atoms with Crippen LogP contribution in [0.25, 0.3) is 0 Å². The molecule has 0 radical (unpaired) electrons. The molecular weight excluding hydrogens is 212 g/mol. The Hall–Kier alpha value is -1.31. The highest BCUT2D eigenvalue weighted by Crippen LogP contribution is 2.35. The smallest absolute Gasteiger partial charge is 0.170 e. The summed E-state index contributed by atoms with van der Waals surface area (Å²) in [6.07, 6.45) is 4.99. The van der Waals surface area contributed by atoms with E-state index in [0.29, 0.717) is 6.42 Å². The Balaban J connectivity index is 2.12. The molecule has 17 heavy (non-hydrogen) atoms. The van der Waals surface area contributed by atoms with E-state index in [1.165, 1.54) is 12.8 Å². The highest BCUT2D eigenvalue weighted by Gasteiger charge is 2.35. The Morgan fingerprint density at radius 3 is 2.82 bits per heavy atom. The average Bonchev–Trinajstić information content (AvgIpc) is 2.29. The Morgan fingerprint density at radius 2 is 2.06 bits per heavy atom. The van der Waals surface area contributed by atoms with Crippen LogP contribution in [0.5, 0.6) is 5.75 Å². The van der Waals surface area contributed by atoms with E-state index in [2.05, 4.69) is 13.8 Å². The molecule has 2 nitrogen and oxygen atoms in total. The number of rotatable bonds is 4. The van der Waals surface area contributed by atoms with Gasteiger partial charge in [0.25, 0.3) is 0 Å². The zero-order valence-corrected chi connectivity index (χ0v) is 10.7. The molecule has 0 saturated heterocycles. The predicted octanol–water partition coefficient (Wildman–Crippen LogP) is 3.99. The molecule has 0 spiro atoms. The van der Waals surface area contributed by atoms with E-state index < -0.39 is 0 Å². The number of benzene rings is 1. The second kappa shape index (κ2) is 4.91. The van der Waals surface area contributed by atoms with E-state index in [-0.39, 0.29) is 11.4 Å². The van der Waals surface area contributed by atoms with Crippen LogP contribution in [0.1, 0.15) is 56.3 Å². The summed E-state index contributed by atoms with van der Waals surface area (Å²) in [4.78, 5) is 12.1. The van der Waals surface area contributed by atoms with Crippen LogP contribution in [0.4, 0.5) is 0 Å².